The summed E-state index contributed by atoms with van der Waals surface area (Å²) in [6.45, 7) is 0. The van der Waals surface area contributed by atoms with Crippen molar-refractivity contribution >= 4 is 23.3 Å². The van der Waals surface area contributed by atoms with Crippen molar-refractivity contribution in [2.24, 2.45) is 0 Å². The van der Waals surface area contributed by atoms with Crippen LogP contribution in [-0.4, -0.2) is 37.7 Å². The van der Waals surface area contributed by atoms with E-state index in [1.807, 2.05) is 18.2 Å². The van der Waals surface area contributed by atoms with E-state index in [2.05, 4.69) is 0 Å². The first-order valence-electron chi connectivity index (χ1n) is 5.14. The molecule has 0 aliphatic carbocycles. The van der Waals surface area contributed by atoms with Gasteiger partial charge in [-0.3, -0.25) is 0 Å². The van der Waals surface area contributed by atoms with Gasteiger partial charge in [0.2, 0.25) is 9.29 Å². The summed E-state index contributed by atoms with van der Waals surface area (Å²) in [5, 5.41) is 1.06. The Morgan fingerprint density at radius 3 is 1.94 bits per heavy atom. The van der Waals surface area contributed by atoms with E-state index < -0.39 is 17.2 Å². The Balaban J connectivity index is 3.05. The van der Waals surface area contributed by atoms with E-state index in [9.17, 15) is 8.42 Å². The Morgan fingerprint density at radius 1 is 1.00 bits per heavy atom. The van der Waals surface area contributed by atoms with Crippen LogP contribution in [0.3, 0.4) is 0 Å². The molecule has 0 bridgehead atoms. The molecule has 0 saturated heterocycles. The third-order valence-electron chi connectivity index (χ3n) is 2.34. The second-order valence-electron chi connectivity index (χ2n) is 3.37. The average Bonchev–Trinajstić information content (AvgIpc) is 2.40. The topological polar surface area (TPSA) is 61.8 Å². The molecule has 1 aromatic carbocycles. The van der Waals surface area contributed by atoms with Crippen LogP contribution in [0.1, 0.15) is 5.56 Å². The molecule has 1 aromatic rings. The van der Waals surface area contributed by atoms with Gasteiger partial charge in [0.25, 0.3) is 0 Å². The SMILES string of the molecule is CO[Si](OC)(OC)S(=O)(=O)C=Cc1ccccc1. The molecule has 0 N–H and O–H groups in total. The van der Waals surface area contributed by atoms with E-state index in [4.69, 9.17) is 13.3 Å². The highest BCUT2D eigenvalue weighted by Gasteiger charge is 2.53. The van der Waals surface area contributed by atoms with E-state index >= 15 is 0 Å². The van der Waals surface area contributed by atoms with Gasteiger partial charge in [-0.15, -0.1) is 0 Å². The molecule has 7 heteroatoms. The second-order valence-corrected chi connectivity index (χ2v) is 10.2. The maximum atomic E-state index is 12.1. The third kappa shape index (κ3) is 3.06. The van der Waals surface area contributed by atoms with Gasteiger partial charge in [0.05, 0.1) is 0 Å². The fraction of sp³-hybridized carbons (Fsp3) is 0.273. The summed E-state index contributed by atoms with van der Waals surface area (Å²) < 4.78 is 39.1. The second kappa shape index (κ2) is 6.25. The van der Waals surface area contributed by atoms with E-state index in [-0.39, 0.29) is 0 Å². The highest BCUT2D eigenvalue weighted by Crippen LogP contribution is 2.18. The van der Waals surface area contributed by atoms with Crippen molar-refractivity contribution in [3.8, 4) is 0 Å². The quantitative estimate of drug-likeness (QED) is 0.741. The minimum absolute atomic E-state index is 0.771. The molecular weight excluding hydrogens is 272 g/mol. The highest BCUT2D eigenvalue weighted by atomic mass is 32.4. The zero-order valence-electron chi connectivity index (χ0n) is 10.5. The van der Waals surface area contributed by atoms with Gasteiger partial charge in [-0.1, -0.05) is 30.3 Å². The van der Waals surface area contributed by atoms with Crippen LogP contribution < -0.4 is 0 Å². The summed E-state index contributed by atoms with van der Waals surface area (Å²) in [5.74, 6) is 0. The lowest BCUT2D eigenvalue weighted by Crippen LogP contribution is -2.50. The maximum Gasteiger partial charge on any atom is 0.639 e. The molecule has 0 atom stereocenters. The molecule has 18 heavy (non-hydrogen) atoms. The Kier molecular flexibility index (Phi) is 5.24. The van der Waals surface area contributed by atoms with Crippen molar-refractivity contribution < 1.29 is 21.7 Å². The summed E-state index contributed by atoms with van der Waals surface area (Å²) in [7, 11) is -3.68. The fourth-order valence-electron chi connectivity index (χ4n) is 1.41. The van der Waals surface area contributed by atoms with Crippen molar-refractivity contribution in [3.05, 3.63) is 41.3 Å². The van der Waals surface area contributed by atoms with Gasteiger partial charge in [-0.2, -0.15) is 0 Å². The van der Waals surface area contributed by atoms with Gasteiger partial charge < -0.3 is 13.3 Å². The number of hydrogen-bond donors (Lipinski definition) is 0. The van der Waals surface area contributed by atoms with Crippen LogP contribution >= 0.6 is 0 Å². The van der Waals surface area contributed by atoms with Crippen LogP contribution in [0.15, 0.2) is 35.7 Å². The Labute approximate surface area is 108 Å². The Morgan fingerprint density at radius 2 is 1.50 bits per heavy atom. The first kappa shape index (κ1) is 15.1. The molecule has 0 aliphatic heterocycles. The Bertz CT molecular complexity index is 485. The highest BCUT2D eigenvalue weighted by molar-refractivity contribution is 8.21. The molecule has 0 amide bonds. The number of hydrogen-bond acceptors (Lipinski definition) is 5. The zero-order valence-corrected chi connectivity index (χ0v) is 12.3. The van der Waals surface area contributed by atoms with Gasteiger partial charge >= 0.3 is 7.95 Å². The maximum absolute atomic E-state index is 12.1. The standard InChI is InChI=1S/C11H16O5SSi/c1-14-18(15-2,16-3)17(12,13)10-9-11-7-5-4-6-8-11/h4-10H,1-3H3. The average molecular weight is 288 g/mol. The molecule has 0 fully saturated rings. The van der Waals surface area contributed by atoms with Crippen molar-refractivity contribution in [2.75, 3.05) is 21.3 Å². The van der Waals surface area contributed by atoms with Gasteiger partial charge in [-0.25, -0.2) is 8.42 Å². The molecule has 0 aromatic heterocycles. The van der Waals surface area contributed by atoms with Gasteiger partial charge in [-0.05, 0) is 11.6 Å². The van der Waals surface area contributed by atoms with Crippen LogP contribution in [-0.2, 0) is 22.6 Å². The van der Waals surface area contributed by atoms with Crippen LogP contribution in [0.2, 0.25) is 0 Å². The number of benzene rings is 1. The molecular formula is C11H16O5SSi. The molecule has 5 nitrogen and oxygen atoms in total. The predicted octanol–water partition coefficient (Wildman–Crippen LogP) is 1.45. The summed E-state index contributed by atoms with van der Waals surface area (Å²) in [5.41, 5.74) is 0.771. The van der Waals surface area contributed by atoms with Gasteiger partial charge in [0, 0.05) is 26.7 Å². The minimum Gasteiger partial charge on any atom is -0.366 e. The van der Waals surface area contributed by atoms with Crippen LogP contribution in [0.5, 0.6) is 0 Å². The van der Waals surface area contributed by atoms with Crippen LogP contribution in [0, 0.1) is 0 Å². The third-order valence-corrected chi connectivity index (χ3v) is 9.03. The van der Waals surface area contributed by atoms with Crippen LogP contribution in [0.4, 0.5) is 0 Å². The number of rotatable bonds is 6. The van der Waals surface area contributed by atoms with Crippen LogP contribution in [0.25, 0.3) is 6.08 Å². The summed E-state index contributed by atoms with van der Waals surface area (Å²) in [6.07, 6.45) is 1.48. The lowest BCUT2D eigenvalue weighted by atomic mass is 10.2. The first-order chi connectivity index (χ1) is 8.51. The lowest BCUT2D eigenvalue weighted by Gasteiger charge is -2.21. The molecule has 0 heterocycles. The molecule has 0 unspecified atom stereocenters. The Hall–Kier alpha value is -0.993. The summed E-state index contributed by atoms with van der Waals surface area (Å²) in [4.78, 5) is 0. The summed E-state index contributed by atoms with van der Waals surface area (Å²) >= 11 is 0. The van der Waals surface area contributed by atoms with Gasteiger partial charge in [0.1, 0.15) is 0 Å². The zero-order chi connectivity index (χ0) is 13.6. The van der Waals surface area contributed by atoms with Crippen molar-refractivity contribution in [1.29, 1.82) is 0 Å². The monoisotopic (exact) mass is 288 g/mol. The smallest absolute Gasteiger partial charge is 0.366 e. The molecule has 1 rings (SSSR count). The normalized spacial score (nSPS) is 13.1. The lowest BCUT2D eigenvalue weighted by molar-refractivity contribution is 0.148. The molecule has 0 spiro atoms. The van der Waals surface area contributed by atoms with Gasteiger partial charge in [0.15, 0.2) is 0 Å². The van der Waals surface area contributed by atoms with Crippen molar-refractivity contribution in [2.45, 2.75) is 0 Å². The minimum atomic E-state index is -3.74. The molecule has 100 valence electrons. The first-order valence-corrected chi connectivity index (χ1v) is 9.14. The molecule has 0 aliphatic rings. The fourth-order valence-corrected chi connectivity index (χ4v) is 5.91. The van der Waals surface area contributed by atoms with E-state index in [0.717, 1.165) is 11.0 Å². The van der Waals surface area contributed by atoms with Crippen molar-refractivity contribution in [3.63, 3.8) is 0 Å². The predicted molar refractivity (Wildman–Crippen MR) is 71.2 cm³/mol. The molecule has 0 saturated carbocycles. The molecule has 0 radical (unpaired) electrons. The largest absolute Gasteiger partial charge is 0.639 e. The van der Waals surface area contributed by atoms with Crippen molar-refractivity contribution in [1.82, 2.24) is 0 Å². The summed E-state index contributed by atoms with van der Waals surface area (Å²) in [6, 6.07) is 9.08. The van der Waals surface area contributed by atoms with E-state index in [1.165, 1.54) is 27.4 Å². The van der Waals surface area contributed by atoms with E-state index in [0.29, 0.717) is 0 Å². The van der Waals surface area contributed by atoms with E-state index in [1.54, 1.807) is 12.1 Å².